The van der Waals surface area contributed by atoms with Gasteiger partial charge < -0.3 is 20.7 Å². The van der Waals surface area contributed by atoms with Gasteiger partial charge in [0.15, 0.2) is 0 Å². The predicted molar refractivity (Wildman–Crippen MR) is 70.6 cm³/mol. The van der Waals surface area contributed by atoms with E-state index in [9.17, 15) is 10.2 Å². The molecule has 4 atom stereocenters. The SMILES string of the molecule is N[C@@H](Cc1ccc(O)cc1)C1OC1N1CC[C@H](O)C1. The number of benzene rings is 1. The summed E-state index contributed by atoms with van der Waals surface area (Å²) < 4.78 is 5.65. The minimum absolute atomic E-state index is 0.0488. The minimum atomic E-state index is -0.224. The number of rotatable bonds is 4. The molecule has 4 N–H and O–H groups in total. The van der Waals surface area contributed by atoms with E-state index < -0.39 is 0 Å². The number of nitrogens with zero attached hydrogens (tertiary/aromatic N) is 1. The molecular formula is C14H20N2O3. The Balaban J connectivity index is 1.52. The summed E-state index contributed by atoms with van der Waals surface area (Å²) >= 11 is 0. The molecule has 2 saturated heterocycles. The zero-order chi connectivity index (χ0) is 13.4. The van der Waals surface area contributed by atoms with Gasteiger partial charge in [0.25, 0.3) is 0 Å². The van der Waals surface area contributed by atoms with Gasteiger partial charge in [-0.25, -0.2) is 0 Å². The largest absolute Gasteiger partial charge is 0.508 e. The maximum Gasteiger partial charge on any atom is 0.139 e. The third kappa shape index (κ3) is 2.90. The van der Waals surface area contributed by atoms with Crippen molar-refractivity contribution in [1.29, 1.82) is 0 Å². The first-order valence-electron chi connectivity index (χ1n) is 6.74. The van der Waals surface area contributed by atoms with Crippen LogP contribution in [0.1, 0.15) is 12.0 Å². The molecule has 2 aliphatic rings. The molecule has 2 heterocycles. The Labute approximate surface area is 112 Å². The number of nitrogens with two attached hydrogens (primary N) is 1. The number of aromatic hydroxyl groups is 1. The second-order valence-electron chi connectivity index (χ2n) is 5.46. The Morgan fingerprint density at radius 3 is 2.74 bits per heavy atom. The van der Waals surface area contributed by atoms with Gasteiger partial charge in [-0.3, -0.25) is 4.90 Å². The molecular weight excluding hydrogens is 244 g/mol. The maximum absolute atomic E-state index is 9.51. The smallest absolute Gasteiger partial charge is 0.139 e. The number of phenolic OH excluding ortho intramolecular Hbond substituents is 1. The number of aliphatic hydroxyl groups is 1. The molecule has 2 unspecified atom stereocenters. The van der Waals surface area contributed by atoms with Crippen molar-refractivity contribution < 1.29 is 14.9 Å². The van der Waals surface area contributed by atoms with Crippen LogP contribution in [0.3, 0.4) is 0 Å². The third-order valence-electron chi connectivity index (χ3n) is 3.89. The van der Waals surface area contributed by atoms with Crippen molar-refractivity contribution in [2.24, 2.45) is 5.73 Å². The van der Waals surface area contributed by atoms with E-state index in [1.54, 1.807) is 12.1 Å². The molecule has 1 aromatic carbocycles. The Morgan fingerprint density at radius 1 is 1.37 bits per heavy atom. The van der Waals surface area contributed by atoms with Gasteiger partial charge >= 0.3 is 0 Å². The van der Waals surface area contributed by atoms with Crippen LogP contribution in [0.25, 0.3) is 0 Å². The van der Waals surface area contributed by atoms with Crippen molar-refractivity contribution in [3.05, 3.63) is 29.8 Å². The second-order valence-corrected chi connectivity index (χ2v) is 5.46. The molecule has 0 saturated carbocycles. The van der Waals surface area contributed by atoms with Gasteiger partial charge in [-0.05, 0) is 30.5 Å². The topological polar surface area (TPSA) is 82.2 Å². The minimum Gasteiger partial charge on any atom is -0.508 e. The summed E-state index contributed by atoms with van der Waals surface area (Å²) in [5, 5.41) is 18.7. The molecule has 0 bridgehead atoms. The van der Waals surface area contributed by atoms with Crippen LogP contribution in [0, 0.1) is 0 Å². The van der Waals surface area contributed by atoms with Crippen molar-refractivity contribution in [1.82, 2.24) is 4.90 Å². The fraction of sp³-hybridized carbons (Fsp3) is 0.571. The standard InChI is InChI=1S/C14H20N2O3/c15-12(7-9-1-3-10(17)4-2-9)13-14(19-13)16-6-5-11(18)8-16/h1-4,11-14,17-18H,5-8,15H2/t11-,12-,13?,14?/m0/s1. The van der Waals surface area contributed by atoms with Crippen molar-refractivity contribution >= 4 is 0 Å². The third-order valence-corrected chi connectivity index (χ3v) is 3.89. The highest BCUT2D eigenvalue weighted by atomic mass is 16.6. The summed E-state index contributed by atoms with van der Waals surface area (Å²) in [7, 11) is 0. The predicted octanol–water partition coefficient (Wildman–Crippen LogP) is 0.0535. The quantitative estimate of drug-likeness (QED) is 0.670. The van der Waals surface area contributed by atoms with Gasteiger partial charge in [0.1, 0.15) is 18.1 Å². The fourth-order valence-electron chi connectivity index (χ4n) is 2.74. The van der Waals surface area contributed by atoms with E-state index in [1.165, 1.54) is 0 Å². The normalized spacial score (nSPS) is 32.4. The zero-order valence-electron chi connectivity index (χ0n) is 10.8. The molecule has 0 spiro atoms. The van der Waals surface area contributed by atoms with E-state index in [2.05, 4.69) is 4.90 Å². The number of aliphatic hydroxyl groups excluding tert-OH is 1. The molecule has 1 aromatic rings. The first-order chi connectivity index (χ1) is 9.13. The van der Waals surface area contributed by atoms with Crippen molar-refractivity contribution in [3.8, 4) is 5.75 Å². The summed E-state index contributed by atoms with van der Waals surface area (Å²) in [5.41, 5.74) is 7.26. The molecule has 0 amide bonds. The van der Waals surface area contributed by atoms with E-state index >= 15 is 0 Å². The first-order valence-corrected chi connectivity index (χ1v) is 6.74. The summed E-state index contributed by atoms with van der Waals surface area (Å²) in [5.74, 6) is 0.268. The van der Waals surface area contributed by atoms with Gasteiger partial charge in [0.2, 0.25) is 0 Å². The molecule has 5 heteroatoms. The molecule has 5 nitrogen and oxygen atoms in total. The molecule has 0 radical (unpaired) electrons. The van der Waals surface area contributed by atoms with Crippen LogP contribution >= 0.6 is 0 Å². The molecule has 104 valence electrons. The van der Waals surface area contributed by atoms with Gasteiger partial charge in [0, 0.05) is 19.1 Å². The lowest BCUT2D eigenvalue weighted by Crippen LogP contribution is -2.35. The summed E-state index contributed by atoms with van der Waals surface area (Å²) in [6.45, 7) is 1.57. The number of ether oxygens (including phenoxy) is 1. The summed E-state index contributed by atoms with van der Waals surface area (Å²) in [6.07, 6.45) is 1.46. The van der Waals surface area contributed by atoms with Crippen LogP contribution in [0.15, 0.2) is 24.3 Å². The molecule has 2 aliphatic heterocycles. The molecule has 3 rings (SSSR count). The van der Waals surface area contributed by atoms with E-state index in [4.69, 9.17) is 10.5 Å². The first kappa shape index (κ1) is 12.9. The van der Waals surface area contributed by atoms with Crippen LogP contribution in [0.2, 0.25) is 0 Å². The Bertz CT molecular complexity index is 437. The van der Waals surface area contributed by atoms with Gasteiger partial charge in [-0.2, -0.15) is 0 Å². The molecule has 0 aromatic heterocycles. The fourth-order valence-corrected chi connectivity index (χ4v) is 2.74. The maximum atomic E-state index is 9.51. The highest BCUT2D eigenvalue weighted by molar-refractivity contribution is 5.26. The molecule has 19 heavy (non-hydrogen) atoms. The van der Waals surface area contributed by atoms with E-state index in [-0.39, 0.29) is 30.2 Å². The highest BCUT2D eigenvalue weighted by Gasteiger charge is 2.48. The highest BCUT2D eigenvalue weighted by Crippen LogP contribution is 2.32. The van der Waals surface area contributed by atoms with E-state index in [0.29, 0.717) is 6.54 Å². The number of hydrogen-bond acceptors (Lipinski definition) is 5. The lowest BCUT2D eigenvalue weighted by atomic mass is 10.0. The molecule has 2 fully saturated rings. The van der Waals surface area contributed by atoms with E-state index in [0.717, 1.165) is 24.9 Å². The Kier molecular flexibility index (Phi) is 3.45. The summed E-state index contributed by atoms with van der Waals surface area (Å²) in [4.78, 5) is 2.16. The zero-order valence-corrected chi connectivity index (χ0v) is 10.8. The Morgan fingerprint density at radius 2 is 2.11 bits per heavy atom. The van der Waals surface area contributed by atoms with Crippen LogP contribution in [-0.2, 0) is 11.2 Å². The monoisotopic (exact) mass is 264 g/mol. The van der Waals surface area contributed by atoms with Gasteiger partial charge in [0.05, 0.1) is 6.10 Å². The van der Waals surface area contributed by atoms with Crippen LogP contribution in [0.5, 0.6) is 5.75 Å². The summed E-state index contributed by atoms with van der Waals surface area (Å²) in [6, 6.07) is 7.05. The Hall–Kier alpha value is -1.14. The van der Waals surface area contributed by atoms with Crippen LogP contribution < -0.4 is 5.73 Å². The lowest BCUT2D eigenvalue weighted by Gasteiger charge is -2.13. The second kappa shape index (κ2) is 5.09. The van der Waals surface area contributed by atoms with E-state index in [1.807, 2.05) is 12.1 Å². The van der Waals surface area contributed by atoms with Gasteiger partial charge in [-0.15, -0.1) is 0 Å². The van der Waals surface area contributed by atoms with Crippen molar-refractivity contribution in [2.75, 3.05) is 13.1 Å². The van der Waals surface area contributed by atoms with Gasteiger partial charge in [-0.1, -0.05) is 12.1 Å². The van der Waals surface area contributed by atoms with Crippen LogP contribution in [0.4, 0.5) is 0 Å². The number of likely N-dealkylation sites (tertiary alicyclic amines) is 1. The average Bonchev–Trinajstić information content (AvgIpc) is 3.08. The number of β-amino-alcohol motifs (C(OH)–C–C–N with tert-alkyl or cyclic N) is 1. The number of phenols is 1. The molecule has 0 aliphatic carbocycles. The average molecular weight is 264 g/mol. The lowest BCUT2D eigenvalue weighted by molar-refractivity contribution is 0.152. The van der Waals surface area contributed by atoms with Crippen molar-refractivity contribution in [3.63, 3.8) is 0 Å². The number of hydrogen-bond donors (Lipinski definition) is 3. The van der Waals surface area contributed by atoms with Crippen LogP contribution in [-0.4, -0.2) is 52.7 Å². The number of epoxide rings is 1. The van der Waals surface area contributed by atoms with Crippen molar-refractivity contribution in [2.45, 2.75) is 37.3 Å².